The molecule has 1 atom stereocenters. The molecule has 2 N–H and O–H groups in total. The minimum atomic E-state index is -0.615. The van der Waals surface area contributed by atoms with Crippen LogP contribution in [-0.2, 0) is 4.79 Å². The van der Waals surface area contributed by atoms with E-state index in [9.17, 15) is 14.0 Å². The lowest BCUT2D eigenvalue weighted by Crippen LogP contribution is -2.42. The van der Waals surface area contributed by atoms with Crippen molar-refractivity contribution >= 4 is 29.2 Å². The van der Waals surface area contributed by atoms with Gasteiger partial charge in [0.15, 0.2) is 0 Å². The van der Waals surface area contributed by atoms with Crippen molar-refractivity contribution in [3.63, 3.8) is 0 Å². The number of carbonyl (C=O) groups is 2. The monoisotopic (exact) mass is 285 g/mol. The van der Waals surface area contributed by atoms with Gasteiger partial charge in [-0.1, -0.05) is 11.6 Å². The lowest BCUT2D eigenvalue weighted by Gasteiger charge is -2.13. The quantitative estimate of drug-likeness (QED) is 0.871. The molecule has 1 saturated heterocycles. The van der Waals surface area contributed by atoms with Crippen molar-refractivity contribution in [1.82, 2.24) is 10.2 Å². The van der Waals surface area contributed by atoms with Crippen LogP contribution in [0.5, 0.6) is 0 Å². The lowest BCUT2D eigenvalue weighted by molar-refractivity contribution is -0.128. The van der Waals surface area contributed by atoms with Crippen LogP contribution in [0.3, 0.4) is 0 Å². The van der Waals surface area contributed by atoms with Gasteiger partial charge in [0.05, 0.1) is 5.02 Å². The number of hydrogen-bond acceptors (Lipinski definition) is 2. The van der Waals surface area contributed by atoms with Gasteiger partial charge in [-0.15, -0.1) is 0 Å². The summed E-state index contributed by atoms with van der Waals surface area (Å²) in [4.78, 5) is 24.8. The Kier molecular flexibility index (Phi) is 3.90. The van der Waals surface area contributed by atoms with Crippen LogP contribution < -0.4 is 10.6 Å². The van der Waals surface area contributed by atoms with E-state index in [2.05, 4.69) is 10.6 Å². The van der Waals surface area contributed by atoms with E-state index in [4.69, 9.17) is 11.6 Å². The fraction of sp³-hybridized carbons (Fsp3) is 0.333. The molecule has 5 nitrogen and oxygen atoms in total. The number of amides is 3. The molecule has 0 saturated carbocycles. The van der Waals surface area contributed by atoms with E-state index >= 15 is 0 Å². The van der Waals surface area contributed by atoms with Gasteiger partial charge in [-0.2, -0.15) is 0 Å². The zero-order valence-electron chi connectivity index (χ0n) is 10.2. The van der Waals surface area contributed by atoms with Crippen molar-refractivity contribution in [3.8, 4) is 0 Å². The fourth-order valence-corrected chi connectivity index (χ4v) is 1.97. The minimum absolute atomic E-state index is 0.0152. The van der Waals surface area contributed by atoms with E-state index in [1.807, 2.05) is 0 Å². The maximum Gasteiger partial charge on any atom is 0.319 e. The Balaban J connectivity index is 1.94. The normalized spacial score (nSPS) is 18.6. The highest BCUT2D eigenvalue weighted by Gasteiger charge is 2.30. The Morgan fingerprint density at radius 2 is 2.26 bits per heavy atom. The zero-order valence-corrected chi connectivity index (χ0v) is 11.0. The molecule has 3 amide bonds. The molecular formula is C12H13ClFN3O2. The number of likely N-dealkylation sites (tertiary alicyclic amines) is 1. The average Bonchev–Trinajstić information content (AvgIpc) is 2.66. The molecule has 1 aromatic rings. The van der Waals surface area contributed by atoms with Crippen molar-refractivity contribution in [2.45, 2.75) is 12.5 Å². The Morgan fingerprint density at radius 1 is 1.53 bits per heavy atom. The molecule has 1 aromatic carbocycles. The van der Waals surface area contributed by atoms with Crippen molar-refractivity contribution in [3.05, 3.63) is 29.0 Å². The molecule has 0 unspecified atom stereocenters. The van der Waals surface area contributed by atoms with Gasteiger partial charge in [-0.3, -0.25) is 4.79 Å². The summed E-state index contributed by atoms with van der Waals surface area (Å²) in [6, 6.07) is 2.87. The van der Waals surface area contributed by atoms with Gasteiger partial charge in [0, 0.05) is 19.3 Å². The number of carbonyl (C=O) groups excluding carboxylic acids is 2. The van der Waals surface area contributed by atoms with Crippen molar-refractivity contribution < 1.29 is 14.0 Å². The number of rotatable bonds is 2. The highest BCUT2D eigenvalue weighted by Crippen LogP contribution is 2.18. The molecule has 102 valence electrons. The van der Waals surface area contributed by atoms with Gasteiger partial charge in [-0.05, 0) is 24.6 Å². The van der Waals surface area contributed by atoms with E-state index in [0.29, 0.717) is 13.0 Å². The second-order valence-corrected chi connectivity index (χ2v) is 4.74. The average molecular weight is 286 g/mol. The van der Waals surface area contributed by atoms with E-state index in [1.165, 1.54) is 12.1 Å². The Bertz CT molecular complexity index is 524. The number of nitrogens with zero attached hydrogens (tertiary/aromatic N) is 1. The summed E-state index contributed by atoms with van der Waals surface area (Å²) in [5.74, 6) is -0.742. The largest absolute Gasteiger partial charge is 0.344 e. The van der Waals surface area contributed by atoms with E-state index in [-0.39, 0.29) is 16.6 Å². The summed E-state index contributed by atoms with van der Waals surface area (Å²) < 4.78 is 13.2. The van der Waals surface area contributed by atoms with E-state index in [1.54, 1.807) is 11.9 Å². The first-order chi connectivity index (χ1) is 8.97. The summed E-state index contributed by atoms with van der Waals surface area (Å²) in [7, 11) is 1.68. The molecule has 0 aromatic heterocycles. The molecule has 2 rings (SSSR count). The molecule has 0 radical (unpaired) electrons. The van der Waals surface area contributed by atoms with Crippen LogP contribution in [0.1, 0.15) is 6.42 Å². The highest BCUT2D eigenvalue weighted by atomic mass is 35.5. The highest BCUT2D eigenvalue weighted by molar-refractivity contribution is 6.30. The van der Waals surface area contributed by atoms with E-state index < -0.39 is 17.9 Å². The second kappa shape index (κ2) is 5.44. The maximum absolute atomic E-state index is 13.2. The first-order valence-electron chi connectivity index (χ1n) is 5.75. The molecule has 1 fully saturated rings. The zero-order chi connectivity index (χ0) is 14.0. The number of likely N-dealkylation sites (N-methyl/N-ethyl adjacent to an activating group) is 1. The third-order valence-corrected chi connectivity index (χ3v) is 3.22. The fourth-order valence-electron chi connectivity index (χ4n) is 1.86. The molecule has 1 aliphatic rings. The Labute approximate surface area is 114 Å². The smallest absolute Gasteiger partial charge is 0.319 e. The van der Waals surface area contributed by atoms with Gasteiger partial charge in [0.25, 0.3) is 0 Å². The van der Waals surface area contributed by atoms with Crippen LogP contribution in [0.15, 0.2) is 18.2 Å². The topological polar surface area (TPSA) is 61.4 Å². The molecule has 1 heterocycles. The van der Waals surface area contributed by atoms with Crippen LogP contribution in [0.2, 0.25) is 5.02 Å². The van der Waals surface area contributed by atoms with Gasteiger partial charge < -0.3 is 15.5 Å². The number of halogens is 2. The van der Waals surface area contributed by atoms with Gasteiger partial charge in [0.2, 0.25) is 5.91 Å². The Hall–Kier alpha value is -1.82. The summed E-state index contributed by atoms with van der Waals surface area (Å²) in [6.07, 6.45) is 0.567. The first-order valence-corrected chi connectivity index (χ1v) is 6.12. The third kappa shape index (κ3) is 3.14. The van der Waals surface area contributed by atoms with Gasteiger partial charge >= 0.3 is 6.03 Å². The van der Waals surface area contributed by atoms with Crippen LogP contribution in [0.4, 0.5) is 14.9 Å². The summed E-state index contributed by atoms with van der Waals surface area (Å²) >= 11 is 5.54. The molecular weight excluding hydrogens is 273 g/mol. The second-order valence-electron chi connectivity index (χ2n) is 4.33. The molecule has 7 heteroatoms. The lowest BCUT2D eigenvalue weighted by atomic mass is 10.2. The SMILES string of the molecule is CN1CC[C@@H](NC(=O)Nc2ccc(Cl)c(F)c2)C1=O. The molecule has 0 spiro atoms. The summed E-state index contributed by atoms with van der Waals surface area (Å²) in [5.41, 5.74) is 0.276. The van der Waals surface area contributed by atoms with Crippen LogP contribution in [0, 0.1) is 5.82 Å². The van der Waals surface area contributed by atoms with Crippen LogP contribution >= 0.6 is 11.6 Å². The predicted molar refractivity (Wildman–Crippen MR) is 69.6 cm³/mol. The number of benzene rings is 1. The number of nitrogens with one attached hydrogen (secondary N) is 2. The van der Waals surface area contributed by atoms with E-state index in [0.717, 1.165) is 6.07 Å². The summed E-state index contributed by atoms with van der Waals surface area (Å²) in [5, 5.41) is 4.98. The molecule has 0 bridgehead atoms. The van der Waals surface area contributed by atoms with Gasteiger partial charge in [-0.25, -0.2) is 9.18 Å². The van der Waals surface area contributed by atoms with Crippen LogP contribution in [-0.4, -0.2) is 36.5 Å². The number of hydrogen-bond donors (Lipinski definition) is 2. The number of anilines is 1. The van der Waals surface area contributed by atoms with Crippen LogP contribution in [0.25, 0.3) is 0 Å². The molecule has 0 aliphatic carbocycles. The van der Waals surface area contributed by atoms with Crippen molar-refractivity contribution in [2.75, 3.05) is 18.9 Å². The first kappa shape index (κ1) is 13.6. The Morgan fingerprint density at radius 3 is 2.84 bits per heavy atom. The molecule has 19 heavy (non-hydrogen) atoms. The third-order valence-electron chi connectivity index (χ3n) is 2.91. The summed E-state index contributed by atoms with van der Waals surface area (Å²) in [6.45, 7) is 0.610. The van der Waals surface area contributed by atoms with Gasteiger partial charge in [0.1, 0.15) is 11.9 Å². The maximum atomic E-state index is 13.2. The van der Waals surface area contributed by atoms with Crippen molar-refractivity contribution in [1.29, 1.82) is 0 Å². The standard InChI is InChI=1S/C12H13ClFN3O2/c1-17-5-4-10(11(17)18)16-12(19)15-7-2-3-8(13)9(14)6-7/h2-3,6,10H,4-5H2,1H3,(H2,15,16,19)/t10-/m1/s1. The number of urea groups is 1. The van der Waals surface area contributed by atoms with Crippen molar-refractivity contribution in [2.24, 2.45) is 0 Å². The molecule has 1 aliphatic heterocycles. The minimum Gasteiger partial charge on any atom is -0.344 e. The predicted octanol–water partition coefficient (Wildman–Crippen LogP) is 1.83.